The highest BCUT2D eigenvalue weighted by atomic mass is 16.5. The van der Waals surface area contributed by atoms with Crippen molar-refractivity contribution in [1.82, 2.24) is 14.7 Å². The summed E-state index contributed by atoms with van der Waals surface area (Å²) in [5.74, 6) is 1.71. The maximum absolute atomic E-state index is 12.6. The summed E-state index contributed by atoms with van der Waals surface area (Å²) in [6.07, 6.45) is 9.92. The molecule has 4 rings (SSSR count). The molecule has 0 aromatic carbocycles. The van der Waals surface area contributed by atoms with Gasteiger partial charge in [-0.15, -0.1) is 0 Å². The van der Waals surface area contributed by atoms with Gasteiger partial charge in [-0.2, -0.15) is 5.10 Å². The molecule has 1 aromatic rings. The third-order valence-corrected chi connectivity index (χ3v) is 6.41. The summed E-state index contributed by atoms with van der Waals surface area (Å²) in [5.41, 5.74) is 0.932. The van der Waals surface area contributed by atoms with Crippen molar-refractivity contribution in [3.8, 4) is 0 Å². The van der Waals surface area contributed by atoms with Gasteiger partial charge in [0.15, 0.2) is 0 Å². The van der Waals surface area contributed by atoms with Crippen LogP contribution in [0, 0.1) is 18.8 Å². The molecule has 6 heteroatoms. The Morgan fingerprint density at radius 1 is 1.30 bits per heavy atom. The predicted molar refractivity (Wildman–Crippen MR) is 102 cm³/mol. The topological polar surface area (TPSA) is 56.6 Å². The lowest BCUT2D eigenvalue weighted by molar-refractivity contribution is -0.148. The van der Waals surface area contributed by atoms with Crippen LogP contribution in [0.15, 0.2) is 12.3 Å². The van der Waals surface area contributed by atoms with Crippen molar-refractivity contribution in [2.24, 2.45) is 11.8 Å². The van der Waals surface area contributed by atoms with E-state index in [2.05, 4.69) is 5.10 Å². The van der Waals surface area contributed by atoms with Gasteiger partial charge in [-0.3, -0.25) is 9.48 Å². The molecule has 1 atom stereocenters. The molecule has 0 bridgehead atoms. The lowest BCUT2D eigenvalue weighted by atomic mass is 9.78. The molecule has 27 heavy (non-hydrogen) atoms. The number of piperidine rings is 1. The first-order chi connectivity index (χ1) is 13.1. The van der Waals surface area contributed by atoms with Crippen LogP contribution in [-0.2, 0) is 20.8 Å². The minimum atomic E-state index is -0.0154. The third kappa shape index (κ3) is 5.11. The molecule has 1 aliphatic carbocycles. The second kappa shape index (κ2) is 8.31. The van der Waals surface area contributed by atoms with Crippen LogP contribution < -0.4 is 0 Å². The van der Waals surface area contributed by atoms with Crippen molar-refractivity contribution in [3.63, 3.8) is 0 Å². The Balaban J connectivity index is 1.21. The molecule has 3 fully saturated rings. The first kappa shape index (κ1) is 18.9. The largest absolute Gasteiger partial charge is 0.381 e. The van der Waals surface area contributed by atoms with E-state index in [1.165, 1.54) is 12.8 Å². The second-order valence-electron chi connectivity index (χ2n) is 8.73. The number of ether oxygens (including phenoxy) is 2. The van der Waals surface area contributed by atoms with Gasteiger partial charge in [-0.05, 0) is 69.8 Å². The molecule has 3 heterocycles. The number of amides is 1. The monoisotopic (exact) mass is 375 g/mol. The molecule has 0 radical (unpaired) electrons. The predicted octanol–water partition coefficient (Wildman–Crippen LogP) is 2.80. The number of nitrogens with zero attached hydrogens (tertiary/aromatic N) is 3. The summed E-state index contributed by atoms with van der Waals surface area (Å²) in [4.78, 5) is 14.5. The zero-order chi connectivity index (χ0) is 18.7. The zero-order valence-corrected chi connectivity index (χ0v) is 16.6. The first-order valence-electron chi connectivity index (χ1n) is 10.6. The van der Waals surface area contributed by atoms with Gasteiger partial charge < -0.3 is 14.4 Å². The number of hydrogen-bond donors (Lipinski definition) is 0. The smallest absolute Gasteiger partial charge is 0.244 e. The summed E-state index contributed by atoms with van der Waals surface area (Å²) >= 11 is 0. The SMILES string of the molecule is Cc1ccn(CC(=O)N2CCC3(CC2)CC(CCOCC2CC2)CCO3)n1. The van der Waals surface area contributed by atoms with Gasteiger partial charge in [-0.25, -0.2) is 0 Å². The fourth-order valence-corrected chi connectivity index (χ4v) is 4.46. The molecule has 1 unspecified atom stereocenters. The lowest BCUT2D eigenvalue weighted by Crippen LogP contribution is -2.51. The molecule has 3 aliphatic rings. The van der Waals surface area contributed by atoms with Crippen molar-refractivity contribution in [2.45, 2.75) is 64.0 Å². The standard InChI is InChI=1S/C21H33N3O3/c1-17-4-9-24(22-17)15-20(25)23-10-7-21(8-11-23)14-18(6-13-27-21)5-12-26-16-19-2-3-19/h4,9,18-19H,2-3,5-8,10-16H2,1H3. The number of aromatic nitrogens is 2. The Kier molecular flexibility index (Phi) is 5.83. The number of aryl methyl sites for hydroxylation is 1. The summed E-state index contributed by atoms with van der Waals surface area (Å²) in [6.45, 7) is 6.58. The van der Waals surface area contributed by atoms with E-state index in [0.29, 0.717) is 12.5 Å². The van der Waals surface area contributed by atoms with E-state index in [1.807, 2.05) is 24.1 Å². The van der Waals surface area contributed by atoms with Crippen LogP contribution in [0.25, 0.3) is 0 Å². The summed E-state index contributed by atoms with van der Waals surface area (Å²) in [6, 6.07) is 1.93. The van der Waals surface area contributed by atoms with Crippen LogP contribution in [0.1, 0.15) is 50.6 Å². The first-order valence-corrected chi connectivity index (χ1v) is 10.6. The van der Waals surface area contributed by atoms with Gasteiger partial charge >= 0.3 is 0 Å². The number of rotatable bonds is 7. The van der Waals surface area contributed by atoms with Gasteiger partial charge in [0.25, 0.3) is 0 Å². The van der Waals surface area contributed by atoms with Gasteiger partial charge in [0.05, 0.1) is 11.3 Å². The van der Waals surface area contributed by atoms with Crippen molar-refractivity contribution in [3.05, 3.63) is 18.0 Å². The third-order valence-electron chi connectivity index (χ3n) is 6.41. The average molecular weight is 376 g/mol. The van der Waals surface area contributed by atoms with E-state index in [9.17, 15) is 4.79 Å². The number of likely N-dealkylation sites (tertiary alicyclic amines) is 1. The Morgan fingerprint density at radius 2 is 2.11 bits per heavy atom. The van der Waals surface area contributed by atoms with Crippen LogP contribution in [0.3, 0.4) is 0 Å². The minimum absolute atomic E-state index is 0.0154. The molecule has 150 valence electrons. The number of hydrogen-bond acceptors (Lipinski definition) is 4. The van der Waals surface area contributed by atoms with Crippen molar-refractivity contribution >= 4 is 5.91 Å². The number of carbonyl (C=O) groups is 1. The van der Waals surface area contributed by atoms with Crippen molar-refractivity contribution in [2.75, 3.05) is 32.9 Å². The van der Waals surface area contributed by atoms with Crippen LogP contribution >= 0.6 is 0 Å². The molecule has 0 N–H and O–H groups in total. The van der Waals surface area contributed by atoms with Gasteiger partial charge in [0, 0.05) is 39.1 Å². The fraction of sp³-hybridized carbons (Fsp3) is 0.810. The van der Waals surface area contributed by atoms with Gasteiger partial charge in [-0.1, -0.05) is 0 Å². The normalized spacial score (nSPS) is 25.1. The number of carbonyl (C=O) groups excluding carboxylic acids is 1. The van der Waals surface area contributed by atoms with Crippen LogP contribution in [0.2, 0.25) is 0 Å². The van der Waals surface area contributed by atoms with Crippen LogP contribution in [-0.4, -0.2) is 59.1 Å². The highest BCUT2D eigenvalue weighted by Crippen LogP contribution is 2.39. The Labute approximate surface area is 162 Å². The Morgan fingerprint density at radius 3 is 2.81 bits per heavy atom. The Bertz CT molecular complexity index is 632. The minimum Gasteiger partial charge on any atom is -0.381 e. The maximum atomic E-state index is 12.6. The van der Waals surface area contributed by atoms with Crippen molar-refractivity contribution in [1.29, 1.82) is 0 Å². The van der Waals surface area contributed by atoms with E-state index < -0.39 is 0 Å². The zero-order valence-electron chi connectivity index (χ0n) is 16.6. The van der Waals surface area contributed by atoms with Crippen LogP contribution in [0.4, 0.5) is 0 Å². The van der Waals surface area contributed by atoms with Gasteiger partial charge in [0.1, 0.15) is 6.54 Å². The van der Waals surface area contributed by atoms with E-state index in [1.54, 1.807) is 4.68 Å². The second-order valence-corrected chi connectivity index (χ2v) is 8.73. The highest BCUT2D eigenvalue weighted by molar-refractivity contribution is 5.76. The molecule has 6 nitrogen and oxygen atoms in total. The van der Waals surface area contributed by atoms with E-state index >= 15 is 0 Å². The summed E-state index contributed by atoms with van der Waals surface area (Å²) in [5, 5.41) is 4.32. The fourth-order valence-electron chi connectivity index (χ4n) is 4.46. The molecule has 1 amide bonds. The van der Waals surface area contributed by atoms with E-state index in [4.69, 9.17) is 9.47 Å². The molecular formula is C21H33N3O3. The molecule has 1 aromatic heterocycles. The summed E-state index contributed by atoms with van der Waals surface area (Å²) < 4.78 is 13.8. The molecule has 2 aliphatic heterocycles. The quantitative estimate of drug-likeness (QED) is 0.688. The molecular weight excluding hydrogens is 342 g/mol. The highest BCUT2D eigenvalue weighted by Gasteiger charge is 2.41. The van der Waals surface area contributed by atoms with E-state index in [0.717, 1.165) is 76.6 Å². The van der Waals surface area contributed by atoms with Crippen LogP contribution in [0.5, 0.6) is 0 Å². The summed E-state index contributed by atoms with van der Waals surface area (Å²) in [7, 11) is 0. The maximum Gasteiger partial charge on any atom is 0.244 e. The lowest BCUT2D eigenvalue weighted by Gasteiger charge is -2.46. The van der Waals surface area contributed by atoms with E-state index in [-0.39, 0.29) is 11.5 Å². The average Bonchev–Trinajstić information content (AvgIpc) is 3.40. The molecule has 2 saturated heterocycles. The Hall–Kier alpha value is -1.40. The molecule has 1 spiro atoms. The van der Waals surface area contributed by atoms with Crippen molar-refractivity contribution < 1.29 is 14.3 Å². The van der Waals surface area contributed by atoms with Gasteiger partial charge in [0.2, 0.25) is 5.91 Å². The molecule has 1 saturated carbocycles.